The van der Waals surface area contributed by atoms with E-state index in [-0.39, 0.29) is 25.7 Å². The van der Waals surface area contributed by atoms with Crippen molar-refractivity contribution in [2.75, 3.05) is 39.6 Å². The third kappa shape index (κ3) is 63.9. The molecule has 0 aromatic carbocycles. The summed E-state index contributed by atoms with van der Waals surface area (Å²) < 4.78 is 68.3. The number of carbonyl (C=O) groups excluding carboxylic acids is 4. The van der Waals surface area contributed by atoms with Gasteiger partial charge in [-0.2, -0.15) is 0 Å². The first-order chi connectivity index (χ1) is 43.7. The molecule has 17 nitrogen and oxygen atoms in total. The third-order valence-corrected chi connectivity index (χ3v) is 19.2. The molecule has 5 unspecified atom stereocenters. The predicted octanol–water partition coefficient (Wildman–Crippen LogP) is 20.5. The molecule has 0 saturated heterocycles. The summed E-state index contributed by atoms with van der Waals surface area (Å²) in [5.74, 6) is 0.895. The van der Waals surface area contributed by atoms with Gasteiger partial charge in [0.05, 0.1) is 26.4 Å². The average Bonchev–Trinajstić information content (AvgIpc) is 3.19. The minimum absolute atomic E-state index is 0.102. The zero-order valence-electron chi connectivity index (χ0n) is 59.5. The summed E-state index contributed by atoms with van der Waals surface area (Å²) >= 11 is 0. The van der Waals surface area contributed by atoms with Gasteiger partial charge in [-0.1, -0.05) is 306 Å². The molecule has 91 heavy (non-hydrogen) atoms. The molecule has 0 bridgehead atoms. The molecule has 0 saturated carbocycles. The molecular weight excluding hydrogens is 1200 g/mol. The molecule has 0 aromatic heterocycles. The van der Waals surface area contributed by atoms with Crippen LogP contribution in [0, 0.1) is 23.7 Å². The SMILES string of the molecule is CCC(C)CCCCCCCCCCCCCCCCC(=O)OC[C@H](COP(=O)(O)OCC(O)COP(=O)(O)OC[C@@H](COC(=O)CCCCCCCCCC(C)C)OC(=O)CCCCCCCCCCCCC(C)CC)OC(=O)CCCCCCCCC(C)C. The van der Waals surface area contributed by atoms with E-state index in [1.165, 1.54) is 154 Å². The fraction of sp³-hybridized carbons (Fsp3) is 0.944. The van der Waals surface area contributed by atoms with Gasteiger partial charge < -0.3 is 33.8 Å². The van der Waals surface area contributed by atoms with E-state index in [0.717, 1.165) is 108 Å². The van der Waals surface area contributed by atoms with Crippen molar-refractivity contribution in [2.45, 2.75) is 375 Å². The lowest BCUT2D eigenvalue weighted by atomic mass is 9.99. The van der Waals surface area contributed by atoms with Gasteiger partial charge in [-0.15, -0.1) is 0 Å². The Morgan fingerprint density at radius 2 is 0.527 bits per heavy atom. The number of aliphatic hydroxyl groups is 1. The lowest BCUT2D eigenvalue weighted by Gasteiger charge is -2.21. The molecule has 0 spiro atoms. The maximum absolute atomic E-state index is 13.0. The van der Waals surface area contributed by atoms with E-state index in [0.29, 0.717) is 37.5 Å². The molecule has 19 heteroatoms. The predicted molar refractivity (Wildman–Crippen MR) is 367 cm³/mol. The van der Waals surface area contributed by atoms with Crippen LogP contribution in [0.1, 0.15) is 357 Å². The normalized spacial score (nSPS) is 14.8. The molecule has 540 valence electrons. The van der Waals surface area contributed by atoms with E-state index in [2.05, 4.69) is 55.4 Å². The molecule has 0 aliphatic rings. The number of phosphoric ester groups is 2. The fourth-order valence-electron chi connectivity index (χ4n) is 10.8. The van der Waals surface area contributed by atoms with Crippen molar-refractivity contribution in [1.29, 1.82) is 0 Å². The van der Waals surface area contributed by atoms with Crippen LogP contribution in [0.5, 0.6) is 0 Å². The molecule has 0 fully saturated rings. The second kappa shape index (κ2) is 61.6. The molecule has 0 radical (unpaired) electrons. The van der Waals surface area contributed by atoms with Crippen LogP contribution in [-0.2, 0) is 65.4 Å². The van der Waals surface area contributed by atoms with Gasteiger partial charge in [-0.05, 0) is 49.4 Å². The second-order valence-corrected chi connectivity index (χ2v) is 30.3. The number of ether oxygens (including phenoxy) is 4. The highest BCUT2D eigenvalue weighted by molar-refractivity contribution is 7.47. The number of hydrogen-bond donors (Lipinski definition) is 3. The Kier molecular flexibility index (Phi) is 60.3. The molecule has 0 amide bonds. The lowest BCUT2D eigenvalue weighted by molar-refractivity contribution is -0.161. The first-order valence-electron chi connectivity index (χ1n) is 37.3. The number of rotatable bonds is 69. The summed E-state index contributed by atoms with van der Waals surface area (Å²) in [4.78, 5) is 72.5. The highest BCUT2D eigenvalue weighted by Crippen LogP contribution is 2.45. The Morgan fingerprint density at radius 1 is 0.308 bits per heavy atom. The third-order valence-electron chi connectivity index (χ3n) is 17.3. The van der Waals surface area contributed by atoms with Gasteiger partial charge in [-0.3, -0.25) is 37.3 Å². The maximum Gasteiger partial charge on any atom is 0.472 e. The van der Waals surface area contributed by atoms with Gasteiger partial charge in [0.2, 0.25) is 0 Å². The zero-order chi connectivity index (χ0) is 67.5. The van der Waals surface area contributed by atoms with E-state index in [4.69, 9.17) is 37.0 Å². The van der Waals surface area contributed by atoms with Crippen LogP contribution < -0.4 is 0 Å². The van der Waals surface area contributed by atoms with Gasteiger partial charge in [0.25, 0.3) is 0 Å². The van der Waals surface area contributed by atoms with Gasteiger partial charge in [0.15, 0.2) is 12.2 Å². The molecule has 0 rings (SSSR count). The summed E-state index contributed by atoms with van der Waals surface area (Å²) in [7, 11) is -9.90. The molecule has 0 aliphatic carbocycles. The Balaban J connectivity index is 5.18. The quantitative estimate of drug-likeness (QED) is 0.0222. The smallest absolute Gasteiger partial charge is 0.462 e. The van der Waals surface area contributed by atoms with Crippen molar-refractivity contribution in [3.8, 4) is 0 Å². The van der Waals surface area contributed by atoms with Crippen LogP contribution in [0.2, 0.25) is 0 Å². The number of hydrogen-bond acceptors (Lipinski definition) is 15. The monoisotopic (exact) mass is 1340 g/mol. The van der Waals surface area contributed by atoms with Crippen molar-refractivity contribution < 1.29 is 80.2 Å². The van der Waals surface area contributed by atoms with E-state index in [1.54, 1.807) is 0 Å². The Bertz CT molecular complexity index is 1800. The van der Waals surface area contributed by atoms with E-state index in [9.17, 15) is 43.2 Å². The van der Waals surface area contributed by atoms with Crippen LogP contribution >= 0.6 is 15.6 Å². The van der Waals surface area contributed by atoms with Gasteiger partial charge >= 0.3 is 39.5 Å². The number of phosphoric acid groups is 2. The molecule has 3 N–H and O–H groups in total. The maximum atomic E-state index is 13.0. The Morgan fingerprint density at radius 3 is 0.780 bits per heavy atom. The Hall–Kier alpha value is -1.94. The molecule has 0 aliphatic heterocycles. The number of unbranched alkanes of at least 4 members (excludes halogenated alkanes) is 33. The molecule has 0 heterocycles. The van der Waals surface area contributed by atoms with Gasteiger partial charge in [-0.25, -0.2) is 9.13 Å². The van der Waals surface area contributed by atoms with Crippen LogP contribution in [0.25, 0.3) is 0 Å². The summed E-state index contributed by atoms with van der Waals surface area (Å²) in [5.41, 5.74) is 0. The van der Waals surface area contributed by atoms with E-state index in [1.807, 2.05) is 0 Å². The van der Waals surface area contributed by atoms with Crippen molar-refractivity contribution in [3.05, 3.63) is 0 Å². The van der Waals surface area contributed by atoms with Crippen molar-refractivity contribution in [1.82, 2.24) is 0 Å². The minimum Gasteiger partial charge on any atom is -0.462 e. The van der Waals surface area contributed by atoms with E-state index >= 15 is 0 Å². The number of esters is 4. The standard InChI is InChI=1S/C72H140O17P2/c1-9-64(7)50-42-34-25-19-15-13-11-12-14-16-21-27-36-44-52-69(74)82-59-68(89-72(77)55-47-39-31-30-33-41-49-63(5)6)61-87-91(80,81)85-57-66(73)56-84-90(78,79)86-60-67(58-83-70(75)53-45-37-29-23-24-32-40-48-62(3)4)88-71(76)54-46-38-28-22-18-17-20-26-35-43-51-65(8)10-2/h62-68,73H,9-61H2,1-8H3,(H,78,79)(H,80,81)/t64?,65?,66?,67-,68-/m1/s1. The van der Waals surface area contributed by atoms with E-state index < -0.39 is 97.5 Å². The summed E-state index contributed by atoms with van der Waals surface area (Å²) in [6.07, 6.45) is 44.6. The highest BCUT2D eigenvalue weighted by Gasteiger charge is 2.30. The fourth-order valence-corrected chi connectivity index (χ4v) is 12.4. The summed E-state index contributed by atoms with van der Waals surface area (Å²) in [6, 6.07) is 0. The van der Waals surface area contributed by atoms with Crippen molar-refractivity contribution in [2.24, 2.45) is 23.7 Å². The van der Waals surface area contributed by atoms with Gasteiger partial charge in [0.1, 0.15) is 19.3 Å². The number of aliphatic hydroxyl groups excluding tert-OH is 1. The topological polar surface area (TPSA) is 237 Å². The Labute approximate surface area is 556 Å². The lowest BCUT2D eigenvalue weighted by Crippen LogP contribution is -2.30. The minimum atomic E-state index is -4.95. The number of carbonyl (C=O) groups is 4. The van der Waals surface area contributed by atoms with Crippen LogP contribution in [0.3, 0.4) is 0 Å². The largest absolute Gasteiger partial charge is 0.472 e. The first kappa shape index (κ1) is 89.1. The van der Waals surface area contributed by atoms with Gasteiger partial charge in [0, 0.05) is 25.7 Å². The van der Waals surface area contributed by atoms with Crippen LogP contribution in [-0.4, -0.2) is 96.7 Å². The second-order valence-electron chi connectivity index (χ2n) is 27.4. The summed E-state index contributed by atoms with van der Waals surface area (Å²) in [6.45, 7) is 14.1. The average molecular weight is 1340 g/mol. The van der Waals surface area contributed by atoms with Crippen LogP contribution in [0.15, 0.2) is 0 Å². The molecular formula is C72H140O17P2. The highest BCUT2D eigenvalue weighted by atomic mass is 31.2. The zero-order valence-corrected chi connectivity index (χ0v) is 61.3. The molecule has 0 aromatic rings. The molecule has 7 atom stereocenters. The van der Waals surface area contributed by atoms with Crippen molar-refractivity contribution in [3.63, 3.8) is 0 Å². The van der Waals surface area contributed by atoms with Crippen LogP contribution in [0.4, 0.5) is 0 Å². The van der Waals surface area contributed by atoms with Crippen molar-refractivity contribution >= 4 is 39.5 Å². The first-order valence-corrected chi connectivity index (χ1v) is 40.3. The summed E-state index contributed by atoms with van der Waals surface area (Å²) in [5, 5.41) is 10.6.